The van der Waals surface area contributed by atoms with Gasteiger partial charge in [0.05, 0.1) is 0 Å². The Morgan fingerprint density at radius 2 is 2.00 bits per heavy atom. The van der Waals surface area contributed by atoms with Gasteiger partial charge in [0.2, 0.25) is 0 Å². The average molecular weight is 199 g/mol. The van der Waals surface area contributed by atoms with E-state index in [1.54, 1.807) is 30.5 Å². The fourth-order valence-electron chi connectivity index (χ4n) is 0.815. The summed E-state index contributed by atoms with van der Waals surface area (Å²) >= 11 is -1.02. The molecule has 4 nitrogen and oxygen atoms in total. The molecule has 0 aromatic heterocycles. The molecule has 0 saturated heterocycles. The molecule has 1 amide bonds. The van der Waals surface area contributed by atoms with Crippen molar-refractivity contribution in [2.75, 3.05) is 6.26 Å². The fraction of sp³-hybridized carbons (Fsp3) is 0.125. The van der Waals surface area contributed by atoms with Crippen molar-refractivity contribution in [3.63, 3.8) is 0 Å². The number of ether oxygens (including phenoxy) is 1. The molecule has 0 fully saturated rings. The van der Waals surface area contributed by atoms with Crippen LogP contribution in [0.15, 0.2) is 29.2 Å². The molecule has 70 valence electrons. The Balaban J connectivity index is 2.75. The van der Waals surface area contributed by atoms with Gasteiger partial charge in [-0.25, -0.2) is 4.79 Å². The van der Waals surface area contributed by atoms with Crippen LogP contribution in [0.5, 0.6) is 5.75 Å². The van der Waals surface area contributed by atoms with Crippen molar-refractivity contribution in [2.45, 2.75) is 4.90 Å². The minimum Gasteiger partial charge on any atom is -0.612 e. The molecule has 1 aromatic rings. The van der Waals surface area contributed by atoms with Crippen molar-refractivity contribution in [1.82, 2.24) is 0 Å². The van der Waals surface area contributed by atoms with E-state index in [2.05, 4.69) is 4.74 Å². The number of hydrogen-bond acceptors (Lipinski definition) is 3. The van der Waals surface area contributed by atoms with Crippen molar-refractivity contribution in [2.24, 2.45) is 5.73 Å². The lowest BCUT2D eigenvalue weighted by Gasteiger charge is -2.04. The maximum absolute atomic E-state index is 11.0. The molecule has 2 N–H and O–H groups in total. The molecule has 0 aliphatic heterocycles. The van der Waals surface area contributed by atoms with Gasteiger partial charge < -0.3 is 15.0 Å². The smallest absolute Gasteiger partial charge is 0.409 e. The SMILES string of the molecule is C[S+]([O-])c1ccc(OC(N)=O)cc1. The second kappa shape index (κ2) is 4.15. The van der Waals surface area contributed by atoms with E-state index in [-0.39, 0.29) is 0 Å². The Bertz CT molecular complexity index is 297. The van der Waals surface area contributed by atoms with Crippen LogP contribution >= 0.6 is 0 Å². The van der Waals surface area contributed by atoms with Crippen molar-refractivity contribution in [3.8, 4) is 5.75 Å². The summed E-state index contributed by atoms with van der Waals surface area (Å²) in [7, 11) is 0. The zero-order valence-corrected chi connectivity index (χ0v) is 7.84. The first-order valence-corrected chi connectivity index (χ1v) is 5.06. The summed E-state index contributed by atoms with van der Waals surface area (Å²) in [6.07, 6.45) is 0.717. The number of benzene rings is 1. The predicted molar refractivity (Wildman–Crippen MR) is 49.0 cm³/mol. The normalized spacial score (nSPS) is 12.2. The topological polar surface area (TPSA) is 75.4 Å². The van der Waals surface area contributed by atoms with Crippen LogP contribution in [-0.2, 0) is 11.2 Å². The van der Waals surface area contributed by atoms with E-state index in [1.165, 1.54) is 0 Å². The molecule has 1 aromatic carbocycles. The highest BCUT2D eigenvalue weighted by molar-refractivity contribution is 7.90. The second-order valence-electron chi connectivity index (χ2n) is 2.35. The molecule has 0 spiro atoms. The van der Waals surface area contributed by atoms with Crippen LogP contribution in [0.3, 0.4) is 0 Å². The molecule has 1 atom stereocenters. The number of amides is 1. The van der Waals surface area contributed by atoms with Crippen LogP contribution in [0.1, 0.15) is 0 Å². The summed E-state index contributed by atoms with van der Waals surface area (Å²) in [4.78, 5) is 11.0. The van der Waals surface area contributed by atoms with Crippen LogP contribution < -0.4 is 10.5 Å². The summed E-state index contributed by atoms with van der Waals surface area (Å²) in [6, 6.07) is 6.33. The van der Waals surface area contributed by atoms with E-state index in [0.717, 1.165) is 0 Å². The van der Waals surface area contributed by atoms with Gasteiger partial charge in [0.1, 0.15) is 12.0 Å². The summed E-state index contributed by atoms with van der Waals surface area (Å²) < 4.78 is 15.5. The Morgan fingerprint density at radius 3 is 2.38 bits per heavy atom. The van der Waals surface area contributed by atoms with Crippen LogP contribution in [0.25, 0.3) is 0 Å². The number of primary amides is 1. The van der Waals surface area contributed by atoms with Gasteiger partial charge in [0, 0.05) is 0 Å². The predicted octanol–water partition coefficient (Wildman–Crippen LogP) is 0.882. The Kier molecular flexibility index (Phi) is 3.16. The van der Waals surface area contributed by atoms with E-state index in [0.29, 0.717) is 10.6 Å². The van der Waals surface area contributed by atoms with Gasteiger partial charge in [-0.15, -0.1) is 0 Å². The minimum atomic E-state index is -1.02. The third-order valence-electron chi connectivity index (χ3n) is 1.37. The first kappa shape index (κ1) is 9.88. The maximum Gasteiger partial charge on any atom is 0.409 e. The van der Waals surface area contributed by atoms with Crippen molar-refractivity contribution >= 4 is 17.3 Å². The summed E-state index contributed by atoms with van der Waals surface area (Å²) in [5, 5.41) is 0. The quantitative estimate of drug-likeness (QED) is 0.718. The second-order valence-corrected chi connectivity index (χ2v) is 3.73. The Hall–Kier alpha value is -1.20. The van der Waals surface area contributed by atoms with Gasteiger partial charge in [-0.3, -0.25) is 0 Å². The molecule has 0 radical (unpaired) electrons. The largest absolute Gasteiger partial charge is 0.612 e. The monoisotopic (exact) mass is 199 g/mol. The standard InChI is InChI=1S/C8H9NO3S/c1-13(11)7-4-2-6(3-5-7)12-8(9)10/h2-5H,1H3,(H2,9,10). The van der Waals surface area contributed by atoms with Crippen molar-refractivity contribution in [3.05, 3.63) is 24.3 Å². The van der Waals surface area contributed by atoms with E-state index < -0.39 is 17.3 Å². The number of carbonyl (C=O) groups is 1. The van der Waals surface area contributed by atoms with Crippen LogP contribution in [-0.4, -0.2) is 16.9 Å². The molecule has 1 unspecified atom stereocenters. The van der Waals surface area contributed by atoms with E-state index >= 15 is 0 Å². The minimum absolute atomic E-state index is 0.349. The highest BCUT2D eigenvalue weighted by Crippen LogP contribution is 2.15. The number of hydrogen-bond donors (Lipinski definition) is 1. The number of nitrogens with two attached hydrogens (primary N) is 1. The molecule has 0 bridgehead atoms. The molecule has 0 aliphatic carbocycles. The molecule has 5 heteroatoms. The third-order valence-corrected chi connectivity index (χ3v) is 2.31. The third kappa shape index (κ3) is 2.96. The molecular weight excluding hydrogens is 190 g/mol. The molecule has 0 heterocycles. The summed E-state index contributed by atoms with van der Waals surface area (Å²) in [5.74, 6) is 0.349. The molecular formula is C8H9NO3S. The zero-order chi connectivity index (χ0) is 9.84. The van der Waals surface area contributed by atoms with Gasteiger partial charge in [0.15, 0.2) is 4.90 Å². The van der Waals surface area contributed by atoms with E-state index in [9.17, 15) is 9.35 Å². The van der Waals surface area contributed by atoms with Crippen LogP contribution in [0.2, 0.25) is 0 Å². The molecule has 13 heavy (non-hydrogen) atoms. The maximum atomic E-state index is 11.0. The van der Waals surface area contributed by atoms with Crippen molar-refractivity contribution in [1.29, 1.82) is 0 Å². The first-order valence-electron chi connectivity index (χ1n) is 3.50. The highest BCUT2D eigenvalue weighted by Gasteiger charge is 2.04. The summed E-state index contributed by atoms with van der Waals surface area (Å²) in [6.45, 7) is 0. The lowest BCUT2D eigenvalue weighted by Crippen LogP contribution is -2.16. The van der Waals surface area contributed by atoms with Gasteiger partial charge in [-0.05, 0) is 35.4 Å². The Morgan fingerprint density at radius 1 is 1.46 bits per heavy atom. The number of rotatable bonds is 2. The van der Waals surface area contributed by atoms with Crippen LogP contribution in [0.4, 0.5) is 4.79 Å². The van der Waals surface area contributed by atoms with Crippen molar-refractivity contribution < 1.29 is 14.1 Å². The van der Waals surface area contributed by atoms with E-state index in [4.69, 9.17) is 5.73 Å². The fourth-order valence-corrected chi connectivity index (χ4v) is 1.33. The lowest BCUT2D eigenvalue weighted by atomic mass is 10.3. The average Bonchev–Trinajstić information content (AvgIpc) is 2.04. The molecule has 0 saturated carbocycles. The van der Waals surface area contributed by atoms with E-state index in [1.807, 2.05) is 0 Å². The number of carbonyl (C=O) groups excluding carboxylic acids is 1. The van der Waals surface area contributed by atoms with Gasteiger partial charge in [-0.1, -0.05) is 0 Å². The highest BCUT2D eigenvalue weighted by atomic mass is 32.2. The Labute approximate surface area is 78.9 Å². The zero-order valence-electron chi connectivity index (χ0n) is 7.02. The van der Waals surface area contributed by atoms with Gasteiger partial charge in [-0.2, -0.15) is 0 Å². The molecule has 0 aliphatic rings. The van der Waals surface area contributed by atoms with Crippen LogP contribution in [0, 0.1) is 0 Å². The van der Waals surface area contributed by atoms with Gasteiger partial charge in [0.25, 0.3) is 0 Å². The first-order chi connectivity index (χ1) is 6.09. The summed E-state index contributed by atoms with van der Waals surface area (Å²) in [5.41, 5.74) is 4.80. The lowest BCUT2D eigenvalue weighted by molar-refractivity contribution is 0.211. The van der Waals surface area contributed by atoms with Gasteiger partial charge >= 0.3 is 6.09 Å². The molecule has 1 rings (SSSR count).